The van der Waals surface area contributed by atoms with Crippen LogP contribution in [0, 0.1) is 0 Å². The minimum atomic E-state index is -0.670. The summed E-state index contributed by atoms with van der Waals surface area (Å²) in [5.74, 6) is 0.0191. The van der Waals surface area contributed by atoms with Crippen LogP contribution >= 0.6 is 0 Å². The molecule has 32 heavy (non-hydrogen) atoms. The highest BCUT2D eigenvalue weighted by molar-refractivity contribution is 5.92. The number of aromatic nitrogens is 2. The number of aliphatic hydroxyl groups excluding tert-OH is 1. The summed E-state index contributed by atoms with van der Waals surface area (Å²) in [6.07, 6.45) is 5.71. The number of carbonyl (C=O) groups is 1. The molecule has 0 bridgehead atoms. The van der Waals surface area contributed by atoms with Crippen molar-refractivity contribution in [3.05, 3.63) is 53.6 Å². The Bertz CT molecular complexity index is 873. The third-order valence-electron chi connectivity index (χ3n) is 6.63. The second-order valence-corrected chi connectivity index (χ2v) is 8.87. The number of halogens is 1. The van der Waals surface area contributed by atoms with Crippen molar-refractivity contribution in [2.45, 2.75) is 51.0 Å². The van der Waals surface area contributed by atoms with E-state index in [1.165, 1.54) is 5.56 Å². The van der Waals surface area contributed by atoms with Crippen LogP contribution in [-0.2, 0) is 13.1 Å². The molecule has 174 valence electrons. The van der Waals surface area contributed by atoms with Gasteiger partial charge in [0.15, 0.2) is 0 Å². The number of hydrogen-bond donors (Lipinski definition) is 2. The highest BCUT2D eigenvalue weighted by atomic mass is 19.1. The van der Waals surface area contributed by atoms with Gasteiger partial charge < -0.3 is 19.9 Å². The van der Waals surface area contributed by atoms with Gasteiger partial charge in [0, 0.05) is 51.9 Å². The number of piperidine rings is 2. The third-order valence-corrected chi connectivity index (χ3v) is 6.63. The quantitative estimate of drug-likeness (QED) is 0.653. The number of hydrogen-bond acceptors (Lipinski definition) is 5. The van der Waals surface area contributed by atoms with Crippen molar-refractivity contribution in [2.75, 3.05) is 39.3 Å². The highest BCUT2D eigenvalue weighted by Gasteiger charge is 2.25. The maximum atomic E-state index is 13.5. The van der Waals surface area contributed by atoms with E-state index in [2.05, 4.69) is 27.3 Å². The minimum Gasteiger partial charge on any atom is -0.395 e. The molecule has 0 spiro atoms. The van der Waals surface area contributed by atoms with Gasteiger partial charge >= 0.3 is 0 Å². The summed E-state index contributed by atoms with van der Waals surface area (Å²) in [7, 11) is 0. The number of nitrogens with zero attached hydrogens (tertiary/aromatic N) is 4. The fraction of sp³-hybridized carbons (Fsp3) is 0.583. The van der Waals surface area contributed by atoms with E-state index in [0.29, 0.717) is 50.8 Å². The molecule has 8 heteroatoms. The molecule has 1 aromatic heterocycles. The minimum absolute atomic E-state index is 0.0191. The molecule has 0 atom stereocenters. The fourth-order valence-corrected chi connectivity index (χ4v) is 4.69. The number of benzene rings is 1. The number of alkyl halides is 1. The lowest BCUT2D eigenvalue weighted by Crippen LogP contribution is -2.45. The number of carbonyl (C=O) groups excluding carboxylic acids is 1. The molecule has 4 rings (SSSR count). The standard InChI is InChI=1S/C24H34FN5O2/c25-21-5-10-28(11-6-21)16-19-3-1-2-4-20(19)17-30-18-26-15-23(30)24(32)29-12-7-22(8-13-29)27-9-14-31/h1-4,15,18,21-22,27,31H,5-14,16-17H2. The summed E-state index contributed by atoms with van der Waals surface area (Å²) in [4.78, 5) is 21.7. The van der Waals surface area contributed by atoms with Crippen molar-refractivity contribution in [3.63, 3.8) is 0 Å². The molecule has 2 saturated heterocycles. The Balaban J connectivity index is 1.40. The van der Waals surface area contributed by atoms with Gasteiger partial charge in [0.2, 0.25) is 0 Å². The lowest BCUT2D eigenvalue weighted by molar-refractivity contribution is 0.0693. The fourth-order valence-electron chi connectivity index (χ4n) is 4.69. The van der Waals surface area contributed by atoms with Crippen molar-refractivity contribution in [1.82, 2.24) is 24.7 Å². The van der Waals surface area contributed by atoms with Crippen LogP contribution in [0.5, 0.6) is 0 Å². The van der Waals surface area contributed by atoms with E-state index in [4.69, 9.17) is 5.11 Å². The zero-order valence-corrected chi connectivity index (χ0v) is 18.6. The van der Waals surface area contributed by atoms with Crippen LogP contribution in [0.2, 0.25) is 0 Å². The first kappa shape index (κ1) is 22.9. The van der Waals surface area contributed by atoms with Crippen molar-refractivity contribution in [3.8, 4) is 0 Å². The summed E-state index contributed by atoms with van der Waals surface area (Å²) in [6.45, 7) is 5.09. The van der Waals surface area contributed by atoms with Crippen molar-refractivity contribution < 1.29 is 14.3 Å². The molecule has 0 saturated carbocycles. The molecular weight excluding hydrogens is 409 g/mol. The zero-order chi connectivity index (χ0) is 22.3. The molecule has 0 unspecified atom stereocenters. The van der Waals surface area contributed by atoms with Crippen LogP contribution in [0.1, 0.15) is 47.3 Å². The van der Waals surface area contributed by atoms with Gasteiger partial charge in [-0.2, -0.15) is 0 Å². The summed E-state index contributed by atoms with van der Waals surface area (Å²) in [5, 5.41) is 12.3. The molecule has 1 aromatic carbocycles. The predicted molar refractivity (Wildman–Crippen MR) is 121 cm³/mol. The number of rotatable bonds is 8. The summed E-state index contributed by atoms with van der Waals surface area (Å²) in [5.41, 5.74) is 2.99. The molecule has 2 N–H and O–H groups in total. The first-order valence-electron chi connectivity index (χ1n) is 11.7. The van der Waals surface area contributed by atoms with Crippen molar-refractivity contribution >= 4 is 5.91 Å². The van der Waals surface area contributed by atoms with E-state index in [1.807, 2.05) is 21.6 Å². The van der Waals surface area contributed by atoms with Gasteiger partial charge in [-0.1, -0.05) is 24.3 Å². The van der Waals surface area contributed by atoms with Crippen LogP contribution in [-0.4, -0.2) is 81.9 Å². The number of aliphatic hydroxyl groups is 1. The van der Waals surface area contributed by atoms with Gasteiger partial charge in [-0.3, -0.25) is 9.69 Å². The first-order chi connectivity index (χ1) is 15.6. The average Bonchev–Trinajstić information content (AvgIpc) is 3.28. The normalized spacial score (nSPS) is 18.9. The summed E-state index contributed by atoms with van der Waals surface area (Å²) in [6, 6.07) is 8.64. The van der Waals surface area contributed by atoms with Crippen LogP contribution < -0.4 is 5.32 Å². The number of imidazole rings is 1. The lowest BCUT2D eigenvalue weighted by atomic mass is 10.0. The average molecular weight is 444 g/mol. The topological polar surface area (TPSA) is 73.6 Å². The van der Waals surface area contributed by atoms with Gasteiger partial charge in [0.05, 0.1) is 19.1 Å². The molecule has 7 nitrogen and oxygen atoms in total. The Morgan fingerprint density at radius 2 is 1.75 bits per heavy atom. The second kappa shape index (κ2) is 11.0. The highest BCUT2D eigenvalue weighted by Crippen LogP contribution is 2.20. The van der Waals surface area contributed by atoms with E-state index in [9.17, 15) is 9.18 Å². The molecule has 1 amide bonds. The molecule has 0 radical (unpaired) electrons. The maximum absolute atomic E-state index is 13.5. The number of amides is 1. The SMILES string of the molecule is O=C(c1cncn1Cc1ccccc1CN1CCC(F)CC1)N1CCC(NCCO)CC1. The van der Waals surface area contributed by atoms with Gasteiger partial charge in [0.25, 0.3) is 5.91 Å². The summed E-state index contributed by atoms with van der Waals surface area (Å²) >= 11 is 0. The maximum Gasteiger partial charge on any atom is 0.272 e. The third kappa shape index (κ3) is 5.74. The molecular formula is C24H34FN5O2. The van der Waals surface area contributed by atoms with E-state index in [1.54, 1.807) is 12.5 Å². The largest absolute Gasteiger partial charge is 0.395 e. The molecule has 2 fully saturated rings. The van der Waals surface area contributed by atoms with Crippen molar-refractivity contribution in [1.29, 1.82) is 0 Å². The van der Waals surface area contributed by atoms with Gasteiger partial charge in [-0.25, -0.2) is 9.37 Å². The number of likely N-dealkylation sites (tertiary alicyclic amines) is 2. The van der Waals surface area contributed by atoms with Crippen LogP contribution in [0.3, 0.4) is 0 Å². The van der Waals surface area contributed by atoms with E-state index >= 15 is 0 Å². The monoisotopic (exact) mass is 443 g/mol. The predicted octanol–water partition coefficient (Wildman–Crippen LogP) is 2.05. The zero-order valence-electron chi connectivity index (χ0n) is 18.6. The Labute approximate surface area is 189 Å². The van der Waals surface area contributed by atoms with Gasteiger partial charge in [0.1, 0.15) is 11.9 Å². The van der Waals surface area contributed by atoms with Crippen molar-refractivity contribution in [2.24, 2.45) is 0 Å². The molecule has 0 aliphatic carbocycles. The summed E-state index contributed by atoms with van der Waals surface area (Å²) < 4.78 is 15.4. The van der Waals surface area contributed by atoms with Gasteiger partial charge in [-0.15, -0.1) is 0 Å². The van der Waals surface area contributed by atoms with Crippen LogP contribution in [0.4, 0.5) is 4.39 Å². The Morgan fingerprint density at radius 1 is 1.06 bits per heavy atom. The van der Waals surface area contributed by atoms with Crippen LogP contribution in [0.25, 0.3) is 0 Å². The number of nitrogens with one attached hydrogen (secondary N) is 1. The first-order valence-corrected chi connectivity index (χ1v) is 11.7. The van der Waals surface area contributed by atoms with E-state index in [-0.39, 0.29) is 12.5 Å². The molecule has 2 aromatic rings. The molecule has 3 heterocycles. The Hall–Kier alpha value is -2.29. The van der Waals surface area contributed by atoms with Crippen LogP contribution in [0.15, 0.2) is 36.8 Å². The Kier molecular flexibility index (Phi) is 7.89. The molecule has 2 aliphatic heterocycles. The molecule has 2 aliphatic rings. The lowest BCUT2D eigenvalue weighted by Gasteiger charge is -2.32. The second-order valence-electron chi connectivity index (χ2n) is 8.87. The smallest absolute Gasteiger partial charge is 0.272 e. The Morgan fingerprint density at radius 3 is 2.44 bits per heavy atom. The van der Waals surface area contributed by atoms with Gasteiger partial charge in [-0.05, 0) is 36.8 Å². The van der Waals surface area contributed by atoms with E-state index in [0.717, 1.165) is 38.0 Å². The van der Waals surface area contributed by atoms with E-state index < -0.39 is 6.17 Å².